The van der Waals surface area contributed by atoms with Crippen molar-refractivity contribution in [3.8, 4) is 0 Å². The van der Waals surface area contributed by atoms with Gasteiger partial charge in [-0.2, -0.15) is 5.10 Å². The van der Waals surface area contributed by atoms with Gasteiger partial charge in [0.2, 0.25) is 0 Å². The van der Waals surface area contributed by atoms with Gasteiger partial charge in [-0.3, -0.25) is 4.68 Å². The molecule has 0 aromatic carbocycles. The summed E-state index contributed by atoms with van der Waals surface area (Å²) >= 11 is 0. The maximum Gasteiger partial charge on any atom is 0.0628 e. The monoisotopic (exact) mass is 237 g/mol. The first-order chi connectivity index (χ1) is 8.06. The van der Waals surface area contributed by atoms with Crippen molar-refractivity contribution in [2.75, 3.05) is 13.1 Å². The largest absolute Gasteiger partial charge is 0.316 e. The lowest BCUT2D eigenvalue weighted by Gasteiger charge is -2.08. The number of hydrogen-bond acceptors (Lipinski definition) is 2. The Kier molecular flexibility index (Phi) is 5.69. The second-order valence-corrected chi connectivity index (χ2v) is 5.23. The highest BCUT2D eigenvalue weighted by Crippen LogP contribution is 2.14. The molecule has 1 rings (SSSR count). The van der Waals surface area contributed by atoms with Crippen LogP contribution in [-0.4, -0.2) is 22.9 Å². The summed E-state index contributed by atoms with van der Waals surface area (Å²) in [4.78, 5) is 0. The molecule has 0 bridgehead atoms. The Morgan fingerprint density at radius 2 is 1.94 bits per heavy atom. The van der Waals surface area contributed by atoms with Crippen molar-refractivity contribution >= 4 is 0 Å². The molecule has 0 aliphatic heterocycles. The van der Waals surface area contributed by atoms with E-state index in [9.17, 15) is 0 Å². The van der Waals surface area contributed by atoms with Crippen molar-refractivity contribution in [1.82, 2.24) is 15.1 Å². The van der Waals surface area contributed by atoms with Crippen LogP contribution < -0.4 is 5.32 Å². The maximum absolute atomic E-state index is 4.64. The number of nitrogens with zero attached hydrogens (tertiary/aromatic N) is 2. The molecule has 0 saturated carbocycles. The van der Waals surface area contributed by atoms with Gasteiger partial charge in [-0.1, -0.05) is 20.8 Å². The molecule has 3 nitrogen and oxygen atoms in total. The molecule has 0 atom stereocenters. The first-order valence-electron chi connectivity index (χ1n) is 6.79. The van der Waals surface area contributed by atoms with Gasteiger partial charge in [-0.25, -0.2) is 0 Å². The summed E-state index contributed by atoms with van der Waals surface area (Å²) in [6, 6.07) is 0. The second-order valence-electron chi connectivity index (χ2n) is 5.23. The lowest BCUT2D eigenvalue weighted by molar-refractivity contribution is 0.472. The lowest BCUT2D eigenvalue weighted by atomic mass is 10.1. The van der Waals surface area contributed by atoms with E-state index < -0.39 is 0 Å². The van der Waals surface area contributed by atoms with Crippen LogP contribution in [0.2, 0.25) is 0 Å². The van der Waals surface area contributed by atoms with Crippen LogP contribution in [-0.2, 0) is 13.0 Å². The first-order valence-corrected chi connectivity index (χ1v) is 6.79. The Morgan fingerprint density at radius 3 is 2.53 bits per heavy atom. The summed E-state index contributed by atoms with van der Waals surface area (Å²) in [7, 11) is 0. The molecular weight excluding hydrogens is 210 g/mol. The van der Waals surface area contributed by atoms with Gasteiger partial charge in [0.15, 0.2) is 0 Å². The highest BCUT2D eigenvalue weighted by molar-refractivity contribution is 5.24. The van der Waals surface area contributed by atoms with Crippen LogP contribution in [0.4, 0.5) is 0 Å². The fourth-order valence-corrected chi connectivity index (χ4v) is 2.13. The topological polar surface area (TPSA) is 29.9 Å². The minimum Gasteiger partial charge on any atom is -0.316 e. The normalized spacial score (nSPS) is 11.4. The summed E-state index contributed by atoms with van der Waals surface area (Å²) < 4.78 is 2.16. The van der Waals surface area contributed by atoms with Gasteiger partial charge >= 0.3 is 0 Å². The highest BCUT2D eigenvalue weighted by Gasteiger charge is 2.11. The van der Waals surface area contributed by atoms with Crippen LogP contribution in [0.1, 0.15) is 44.1 Å². The lowest BCUT2D eigenvalue weighted by Crippen LogP contribution is -2.18. The smallest absolute Gasteiger partial charge is 0.0628 e. The van der Waals surface area contributed by atoms with Gasteiger partial charge < -0.3 is 5.32 Å². The molecule has 0 amide bonds. The number of nitrogens with one attached hydrogen (secondary N) is 1. The van der Waals surface area contributed by atoms with Crippen LogP contribution in [0.5, 0.6) is 0 Å². The maximum atomic E-state index is 4.64. The predicted molar refractivity (Wildman–Crippen MR) is 73.4 cm³/mol. The Morgan fingerprint density at radius 1 is 1.24 bits per heavy atom. The number of rotatable bonds is 7. The zero-order chi connectivity index (χ0) is 12.8. The first kappa shape index (κ1) is 14.2. The molecule has 0 radical (unpaired) electrons. The zero-order valence-electron chi connectivity index (χ0n) is 12.0. The van der Waals surface area contributed by atoms with Crippen LogP contribution in [0, 0.1) is 19.8 Å². The van der Waals surface area contributed by atoms with E-state index in [1.54, 1.807) is 0 Å². The standard InChI is InChI=1S/C14H27N3/c1-6-8-15-9-7-14-12(4)16-17(13(14)5)10-11(2)3/h11,15H,6-10H2,1-5H3. The fraction of sp³-hybridized carbons (Fsp3) is 0.786. The Bertz CT molecular complexity index is 339. The number of aryl methyl sites for hydroxylation is 1. The molecule has 3 heteroatoms. The summed E-state index contributed by atoms with van der Waals surface area (Å²) in [5.74, 6) is 0.652. The second kappa shape index (κ2) is 6.80. The van der Waals surface area contributed by atoms with Crippen LogP contribution in [0.25, 0.3) is 0 Å². The van der Waals surface area contributed by atoms with Crippen molar-refractivity contribution in [3.63, 3.8) is 0 Å². The summed E-state index contributed by atoms with van der Waals surface area (Å²) in [5, 5.41) is 8.09. The third kappa shape index (κ3) is 4.15. The van der Waals surface area contributed by atoms with Crippen LogP contribution >= 0.6 is 0 Å². The molecule has 98 valence electrons. The molecule has 1 aromatic heterocycles. The Hall–Kier alpha value is -0.830. The van der Waals surface area contributed by atoms with Crippen LogP contribution in [0.3, 0.4) is 0 Å². The van der Waals surface area contributed by atoms with E-state index in [1.807, 2.05) is 0 Å². The fourth-order valence-electron chi connectivity index (χ4n) is 2.13. The van der Waals surface area contributed by atoms with Gasteiger partial charge in [0.25, 0.3) is 0 Å². The number of aromatic nitrogens is 2. The Labute approximate surface area is 106 Å². The van der Waals surface area contributed by atoms with Crippen molar-refractivity contribution in [2.45, 2.75) is 54.0 Å². The van der Waals surface area contributed by atoms with Crippen molar-refractivity contribution in [1.29, 1.82) is 0 Å². The zero-order valence-corrected chi connectivity index (χ0v) is 12.0. The van der Waals surface area contributed by atoms with Gasteiger partial charge in [-0.05, 0) is 51.3 Å². The molecule has 0 aliphatic rings. The minimum atomic E-state index is 0.652. The Balaban J connectivity index is 2.62. The molecule has 0 saturated heterocycles. The van der Waals surface area contributed by atoms with Crippen molar-refractivity contribution < 1.29 is 0 Å². The van der Waals surface area contributed by atoms with Gasteiger partial charge in [0.05, 0.1) is 5.69 Å². The summed E-state index contributed by atoms with van der Waals surface area (Å²) in [6.45, 7) is 14.2. The number of hydrogen-bond donors (Lipinski definition) is 1. The minimum absolute atomic E-state index is 0.652. The van der Waals surface area contributed by atoms with E-state index in [0.717, 1.165) is 26.1 Å². The van der Waals surface area contributed by atoms with Crippen molar-refractivity contribution in [3.05, 3.63) is 17.0 Å². The predicted octanol–water partition coefficient (Wildman–Crippen LogP) is 2.70. The van der Waals surface area contributed by atoms with E-state index in [-0.39, 0.29) is 0 Å². The van der Waals surface area contributed by atoms with Gasteiger partial charge in [0.1, 0.15) is 0 Å². The third-order valence-corrected chi connectivity index (χ3v) is 3.05. The quantitative estimate of drug-likeness (QED) is 0.739. The average molecular weight is 237 g/mol. The molecule has 1 N–H and O–H groups in total. The molecule has 0 spiro atoms. The van der Waals surface area contributed by atoms with Gasteiger partial charge in [0, 0.05) is 12.2 Å². The van der Waals surface area contributed by atoms with E-state index in [1.165, 1.54) is 23.4 Å². The van der Waals surface area contributed by atoms with Crippen molar-refractivity contribution in [2.24, 2.45) is 5.92 Å². The van der Waals surface area contributed by atoms with Crippen LogP contribution in [0.15, 0.2) is 0 Å². The van der Waals surface area contributed by atoms with E-state index >= 15 is 0 Å². The van der Waals surface area contributed by atoms with E-state index in [2.05, 4.69) is 49.7 Å². The molecule has 1 heterocycles. The van der Waals surface area contributed by atoms with Gasteiger partial charge in [-0.15, -0.1) is 0 Å². The molecule has 0 fully saturated rings. The molecule has 1 aromatic rings. The SMILES string of the molecule is CCCNCCc1c(C)nn(CC(C)C)c1C. The third-order valence-electron chi connectivity index (χ3n) is 3.05. The summed E-state index contributed by atoms with van der Waals surface area (Å²) in [5.41, 5.74) is 3.96. The highest BCUT2D eigenvalue weighted by atomic mass is 15.3. The molecule has 0 unspecified atom stereocenters. The molecule has 0 aliphatic carbocycles. The van der Waals surface area contributed by atoms with E-state index in [4.69, 9.17) is 0 Å². The summed E-state index contributed by atoms with van der Waals surface area (Å²) in [6.07, 6.45) is 2.29. The molecular formula is C14H27N3. The average Bonchev–Trinajstić information content (AvgIpc) is 2.50. The van der Waals surface area contributed by atoms with E-state index in [0.29, 0.717) is 5.92 Å². The molecule has 17 heavy (non-hydrogen) atoms.